The first-order valence-corrected chi connectivity index (χ1v) is 21.0. The molecule has 0 aromatic heterocycles. The van der Waals surface area contributed by atoms with Crippen LogP contribution >= 0.6 is 0 Å². The lowest BCUT2D eigenvalue weighted by Gasteiger charge is -2.33. The predicted octanol–water partition coefficient (Wildman–Crippen LogP) is 3.65. The Hall–Kier alpha value is -5.25. The van der Waals surface area contributed by atoms with Crippen LogP contribution in [0.4, 0.5) is 4.79 Å². The van der Waals surface area contributed by atoms with Crippen LogP contribution in [0, 0.1) is 87.8 Å². The van der Waals surface area contributed by atoms with E-state index in [2.05, 4.69) is 21.3 Å². The van der Waals surface area contributed by atoms with E-state index >= 15 is 0 Å². The zero-order valence-corrected chi connectivity index (χ0v) is 38.2. The number of nitrogens with one attached hydrogen (secondary N) is 4. The maximum Gasteiger partial charge on any atom is 0.407 e. The topological polar surface area (TPSA) is 324 Å². The Labute approximate surface area is 362 Å². The molecule has 0 aliphatic carbocycles. The molecular weight excluding hydrogens is 820 g/mol. The third-order valence-corrected chi connectivity index (χ3v) is 10.2. The van der Waals surface area contributed by atoms with Gasteiger partial charge in [0.15, 0.2) is 0 Å². The molecule has 4 N–H and O–H groups in total. The molecule has 8 atom stereocenters. The maximum absolute atomic E-state index is 13.8. The number of rotatable bonds is 29. The minimum Gasteiger partial charge on any atom is -0.466 e. The van der Waals surface area contributed by atoms with Crippen molar-refractivity contribution in [2.24, 2.45) is 47.3 Å². The largest absolute Gasteiger partial charge is 0.466 e. The second kappa shape index (κ2) is 26.9. The van der Waals surface area contributed by atoms with Crippen molar-refractivity contribution >= 4 is 29.8 Å². The molecule has 23 heteroatoms. The summed E-state index contributed by atoms with van der Waals surface area (Å²) in [6.45, 7) is 17.0. The first-order valence-electron chi connectivity index (χ1n) is 21.0. The van der Waals surface area contributed by atoms with Crippen LogP contribution < -0.4 is 21.3 Å². The molecule has 0 saturated carbocycles. The van der Waals surface area contributed by atoms with Gasteiger partial charge in [0.05, 0.1) is 36.7 Å². The molecule has 4 amide bonds. The lowest BCUT2D eigenvalue weighted by molar-refractivity contribution is -0.489. The monoisotopic (exact) mass is 890 g/mol. The summed E-state index contributed by atoms with van der Waals surface area (Å²) in [5.41, 5.74) is -0.877. The van der Waals surface area contributed by atoms with E-state index in [1.807, 2.05) is 0 Å². The molecular formula is C39H70N8O15. The summed E-state index contributed by atoms with van der Waals surface area (Å²) in [6.07, 6.45) is -2.72. The molecule has 0 rings (SSSR count). The fraction of sp³-hybridized carbons (Fsp3) is 0.872. The van der Waals surface area contributed by atoms with Gasteiger partial charge in [-0.15, -0.1) is 0 Å². The molecule has 356 valence electrons. The molecule has 62 heavy (non-hydrogen) atoms. The lowest BCUT2D eigenvalue weighted by atomic mass is 9.84. The molecule has 0 radical (unpaired) electrons. The summed E-state index contributed by atoms with van der Waals surface area (Å²) >= 11 is 0. The van der Waals surface area contributed by atoms with Crippen molar-refractivity contribution in [1.29, 1.82) is 0 Å². The molecule has 0 aliphatic rings. The summed E-state index contributed by atoms with van der Waals surface area (Å²) in [4.78, 5) is 110. The van der Waals surface area contributed by atoms with Crippen LogP contribution in [-0.4, -0.2) is 112 Å². The van der Waals surface area contributed by atoms with Crippen molar-refractivity contribution < 1.29 is 53.1 Å². The number of esters is 1. The predicted molar refractivity (Wildman–Crippen MR) is 225 cm³/mol. The Morgan fingerprint density at radius 1 is 0.484 bits per heavy atom. The molecule has 0 saturated heterocycles. The van der Waals surface area contributed by atoms with E-state index in [-0.39, 0.29) is 18.9 Å². The molecule has 0 aromatic carbocycles. The highest BCUT2D eigenvalue weighted by molar-refractivity contribution is 5.79. The van der Waals surface area contributed by atoms with Gasteiger partial charge in [0.25, 0.3) is 0 Å². The molecule has 0 fully saturated rings. The van der Waals surface area contributed by atoms with Crippen molar-refractivity contribution in [2.45, 2.75) is 139 Å². The number of nitrogens with zero attached hydrogens (tertiary/aromatic N) is 4. The second-order valence-electron chi connectivity index (χ2n) is 18.2. The number of amides is 4. The number of alkyl carbamates (subject to hydrolysis) is 1. The van der Waals surface area contributed by atoms with Gasteiger partial charge in [-0.3, -0.25) is 59.6 Å². The molecule has 0 aliphatic heterocycles. The number of hydrogen-bond donors (Lipinski definition) is 4. The van der Waals surface area contributed by atoms with Crippen LogP contribution in [-0.2, 0) is 28.7 Å². The number of carbonyl (C=O) groups is 5. The number of hydrogen-bond acceptors (Lipinski definition) is 15. The third-order valence-electron chi connectivity index (χ3n) is 10.2. The van der Waals surface area contributed by atoms with Gasteiger partial charge < -0.3 is 30.7 Å². The van der Waals surface area contributed by atoms with Crippen molar-refractivity contribution in [2.75, 3.05) is 32.8 Å². The van der Waals surface area contributed by atoms with Gasteiger partial charge in [0, 0.05) is 63.1 Å². The van der Waals surface area contributed by atoms with E-state index in [9.17, 15) is 64.4 Å². The summed E-state index contributed by atoms with van der Waals surface area (Å²) in [6, 6.07) is -3.83. The Morgan fingerprint density at radius 3 is 0.968 bits per heavy atom. The van der Waals surface area contributed by atoms with Crippen LogP contribution in [0.2, 0.25) is 0 Å². The third kappa shape index (κ3) is 23.1. The average Bonchev–Trinajstić information content (AvgIpc) is 3.07. The van der Waals surface area contributed by atoms with Gasteiger partial charge in [0.2, 0.25) is 43.9 Å². The van der Waals surface area contributed by atoms with E-state index in [0.29, 0.717) is 0 Å². The molecule has 0 spiro atoms. The highest BCUT2D eigenvalue weighted by atomic mass is 16.6. The number of ether oxygens (including phenoxy) is 2. The van der Waals surface area contributed by atoms with E-state index in [1.165, 1.54) is 0 Å². The SMILES string of the molecule is CCOC(=O)C[C@H](C[N+](=O)[O-])[C@@H](NC(=O)C[C@H](C[N+](=O)[O-])[C@@H](NC(=O)C[C@H](C[N+](=O)[O-])[C@@H](NC(=O)C[C@H](C[N+](=O)[O-])[C@@H](NC(=O)OC(C)(C)C)C(C)C)C(C)C)C(C)C)C(C)C. The van der Waals surface area contributed by atoms with Gasteiger partial charge in [-0.25, -0.2) is 4.79 Å². The van der Waals surface area contributed by atoms with Gasteiger partial charge in [-0.1, -0.05) is 55.4 Å². The second-order valence-corrected chi connectivity index (χ2v) is 18.2. The van der Waals surface area contributed by atoms with E-state index < -0.39 is 166 Å². The maximum atomic E-state index is 13.8. The van der Waals surface area contributed by atoms with Gasteiger partial charge >= 0.3 is 12.1 Å². The normalized spacial score (nSPS) is 15.6. The van der Waals surface area contributed by atoms with E-state index in [1.54, 1.807) is 83.1 Å². The minimum atomic E-state index is -1.14. The zero-order valence-electron chi connectivity index (χ0n) is 38.2. The molecule has 0 unspecified atom stereocenters. The first-order chi connectivity index (χ1) is 28.5. The molecule has 0 bridgehead atoms. The van der Waals surface area contributed by atoms with Crippen LogP contribution in [0.1, 0.15) is 109 Å². The summed E-state index contributed by atoms with van der Waals surface area (Å²) in [5, 5.41) is 57.9. The highest BCUT2D eigenvalue weighted by Crippen LogP contribution is 2.25. The zero-order chi connectivity index (χ0) is 48.2. The van der Waals surface area contributed by atoms with Crippen molar-refractivity contribution in [3.63, 3.8) is 0 Å². The summed E-state index contributed by atoms with van der Waals surface area (Å²) in [7, 11) is 0. The van der Waals surface area contributed by atoms with Gasteiger partial charge in [0.1, 0.15) is 5.60 Å². The van der Waals surface area contributed by atoms with Crippen LogP contribution in [0.25, 0.3) is 0 Å². The van der Waals surface area contributed by atoms with Gasteiger partial charge in [-0.2, -0.15) is 0 Å². The molecule has 0 aromatic rings. The minimum absolute atomic E-state index is 0.0367. The Balaban J connectivity index is 6.50. The van der Waals surface area contributed by atoms with Crippen LogP contribution in [0.15, 0.2) is 0 Å². The van der Waals surface area contributed by atoms with Gasteiger partial charge in [-0.05, 0) is 51.4 Å². The van der Waals surface area contributed by atoms with Crippen LogP contribution in [0.5, 0.6) is 0 Å². The Bertz CT molecular complexity index is 1540. The quantitative estimate of drug-likeness (QED) is 0.0473. The van der Waals surface area contributed by atoms with Crippen LogP contribution in [0.3, 0.4) is 0 Å². The van der Waals surface area contributed by atoms with E-state index in [0.717, 1.165) is 0 Å². The summed E-state index contributed by atoms with van der Waals surface area (Å²) < 4.78 is 10.3. The lowest BCUT2D eigenvalue weighted by Crippen LogP contribution is -2.52. The Morgan fingerprint density at radius 2 is 0.742 bits per heavy atom. The average molecular weight is 891 g/mol. The summed E-state index contributed by atoms with van der Waals surface area (Å²) in [5.74, 6) is -9.00. The first kappa shape index (κ1) is 56.8. The van der Waals surface area contributed by atoms with Crippen molar-refractivity contribution in [3.05, 3.63) is 40.5 Å². The highest BCUT2D eigenvalue weighted by Gasteiger charge is 2.39. The van der Waals surface area contributed by atoms with E-state index in [4.69, 9.17) is 9.47 Å². The number of nitro groups is 4. The van der Waals surface area contributed by atoms with Crippen molar-refractivity contribution in [3.8, 4) is 0 Å². The Kier molecular flexibility index (Phi) is 24.7. The number of carbonyl (C=O) groups excluding carboxylic acids is 5. The van der Waals surface area contributed by atoms with Crippen molar-refractivity contribution in [1.82, 2.24) is 21.3 Å². The standard InChI is InChI=1S/C39H70N8O15/c1-13-61-33(51)17-29(21-47(59)60)36(24(6)7)42-31(49)15-27(19-45(55)56)34(22(2)3)40-30(48)14-26(18-44(53)54)35(23(4)5)41-32(50)16-28(20-46(57)58)37(25(8)9)43-38(52)62-39(10,11)12/h22-29,34-37H,13-21H2,1-12H3,(H,40,48)(H,41,50)(H,42,49)(H,43,52)/t26-,27-,28-,29-,34+,35+,36+,37+/m1/s1. The molecule has 23 nitrogen and oxygen atoms in total. The molecule has 0 heterocycles. The fourth-order valence-corrected chi connectivity index (χ4v) is 7.63. The fourth-order valence-electron chi connectivity index (χ4n) is 7.63. The smallest absolute Gasteiger partial charge is 0.407 e.